The molecule has 0 bridgehead atoms. The molecule has 0 nitrogen and oxygen atoms in total. The second kappa shape index (κ2) is 12.1. The summed E-state index contributed by atoms with van der Waals surface area (Å²) < 4.78 is 0. The standard InChI is InChI=1S/C10H18S.C10H10S.2C2H6/c2*1-7-9-5-3-4-6-10(9)8(2)11-7;2*1-2/h7-10H,3-6H2,1-2H3;3-6H,1-2H3;2*1-2H3. The first-order chi connectivity index (χ1) is 12.6. The first kappa shape index (κ1) is 23.6. The molecule has 2 heteroatoms. The summed E-state index contributed by atoms with van der Waals surface area (Å²) in [6.07, 6.45) is 6.03. The number of aryl methyl sites for hydroxylation is 2. The first-order valence-electron chi connectivity index (χ1n) is 10.7. The van der Waals surface area contributed by atoms with Crippen molar-refractivity contribution in [2.45, 2.75) is 91.6 Å². The maximum absolute atomic E-state index is 2.43. The molecule has 0 amide bonds. The third-order valence-electron chi connectivity index (χ3n) is 5.50. The van der Waals surface area contributed by atoms with Crippen LogP contribution in [0.1, 0.15) is 77.0 Å². The highest BCUT2D eigenvalue weighted by atomic mass is 32.2. The van der Waals surface area contributed by atoms with Gasteiger partial charge < -0.3 is 0 Å². The van der Waals surface area contributed by atoms with Gasteiger partial charge in [-0.15, -0.1) is 11.3 Å². The van der Waals surface area contributed by atoms with E-state index in [1.807, 2.05) is 39.0 Å². The number of thiophene rings is 1. The fourth-order valence-corrected chi connectivity index (χ4v) is 7.12. The molecule has 26 heavy (non-hydrogen) atoms. The molecule has 1 aromatic carbocycles. The largest absolute Gasteiger partial charge is 0.155 e. The topological polar surface area (TPSA) is 0 Å². The average molecular weight is 393 g/mol. The lowest BCUT2D eigenvalue weighted by Crippen LogP contribution is -2.23. The lowest BCUT2D eigenvalue weighted by molar-refractivity contribution is 0.254. The Balaban J connectivity index is 0.000000219. The Bertz CT molecular complexity index is 576. The molecular formula is C24H40S2. The van der Waals surface area contributed by atoms with Gasteiger partial charge >= 0.3 is 0 Å². The van der Waals surface area contributed by atoms with Gasteiger partial charge in [0, 0.05) is 20.3 Å². The molecule has 0 N–H and O–H groups in total. The molecule has 1 aliphatic carbocycles. The molecule has 2 fully saturated rings. The summed E-state index contributed by atoms with van der Waals surface area (Å²) in [5.41, 5.74) is 0. The van der Waals surface area contributed by atoms with Crippen LogP contribution < -0.4 is 0 Å². The molecule has 0 radical (unpaired) electrons. The summed E-state index contributed by atoms with van der Waals surface area (Å²) >= 11 is 4.11. The fraction of sp³-hybridized carbons (Fsp3) is 0.667. The van der Waals surface area contributed by atoms with E-state index in [0.717, 1.165) is 22.3 Å². The minimum absolute atomic E-state index is 0.954. The Labute approximate surface area is 171 Å². The zero-order chi connectivity index (χ0) is 19.7. The minimum Gasteiger partial charge on any atom is -0.155 e. The van der Waals surface area contributed by atoms with E-state index in [4.69, 9.17) is 0 Å². The van der Waals surface area contributed by atoms with Crippen molar-refractivity contribution in [3.05, 3.63) is 34.0 Å². The Hall–Kier alpha value is -0.470. The fourth-order valence-electron chi connectivity index (χ4n) is 4.33. The molecular weight excluding hydrogens is 352 g/mol. The average Bonchev–Trinajstić information content (AvgIpc) is 3.15. The van der Waals surface area contributed by atoms with Crippen molar-refractivity contribution >= 4 is 33.9 Å². The van der Waals surface area contributed by atoms with E-state index in [2.05, 4.69) is 63.7 Å². The molecule has 1 aliphatic heterocycles. The highest BCUT2D eigenvalue weighted by Crippen LogP contribution is 2.49. The minimum atomic E-state index is 0.954. The number of hydrogen-bond donors (Lipinski definition) is 0. The Morgan fingerprint density at radius 1 is 0.731 bits per heavy atom. The SMILES string of the molecule is CC.CC.CC1SC(C)C2CCCCC12.Cc1sc(C)c2ccccc12. The van der Waals surface area contributed by atoms with E-state index >= 15 is 0 Å². The molecule has 1 saturated carbocycles. The highest BCUT2D eigenvalue weighted by molar-refractivity contribution is 8.00. The third-order valence-corrected chi connectivity index (χ3v) is 8.11. The van der Waals surface area contributed by atoms with Crippen LogP contribution in [-0.2, 0) is 0 Å². The summed E-state index contributed by atoms with van der Waals surface area (Å²) in [5.74, 6) is 2.15. The van der Waals surface area contributed by atoms with Crippen molar-refractivity contribution in [1.29, 1.82) is 0 Å². The van der Waals surface area contributed by atoms with Crippen LogP contribution >= 0.6 is 23.1 Å². The zero-order valence-corrected chi connectivity index (χ0v) is 19.9. The quantitative estimate of drug-likeness (QED) is 0.431. The van der Waals surface area contributed by atoms with Crippen molar-refractivity contribution in [3.63, 3.8) is 0 Å². The van der Waals surface area contributed by atoms with Crippen LogP contribution in [0.4, 0.5) is 0 Å². The smallest absolute Gasteiger partial charge is 0.00956 e. The van der Waals surface area contributed by atoms with Crippen LogP contribution in [0.2, 0.25) is 0 Å². The first-order valence-corrected chi connectivity index (χ1v) is 12.4. The highest BCUT2D eigenvalue weighted by Gasteiger charge is 2.40. The van der Waals surface area contributed by atoms with Gasteiger partial charge in [-0.25, -0.2) is 0 Å². The predicted octanol–water partition coefficient (Wildman–Crippen LogP) is 8.89. The van der Waals surface area contributed by atoms with Crippen molar-refractivity contribution in [1.82, 2.24) is 0 Å². The Morgan fingerprint density at radius 2 is 1.12 bits per heavy atom. The van der Waals surface area contributed by atoms with Crippen LogP contribution in [0, 0.1) is 25.7 Å². The van der Waals surface area contributed by atoms with Gasteiger partial charge in [0.1, 0.15) is 0 Å². The van der Waals surface area contributed by atoms with Crippen molar-refractivity contribution < 1.29 is 0 Å². The van der Waals surface area contributed by atoms with E-state index < -0.39 is 0 Å². The van der Waals surface area contributed by atoms with E-state index in [9.17, 15) is 0 Å². The van der Waals surface area contributed by atoms with E-state index in [-0.39, 0.29) is 0 Å². The lowest BCUT2D eigenvalue weighted by atomic mass is 9.77. The summed E-state index contributed by atoms with van der Waals surface area (Å²) in [4.78, 5) is 2.86. The number of thioether (sulfide) groups is 1. The van der Waals surface area contributed by atoms with E-state index in [1.54, 1.807) is 0 Å². The number of fused-ring (bicyclic) bond motifs is 2. The monoisotopic (exact) mass is 392 g/mol. The van der Waals surface area contributed by atoms with Gasteiger partial charge in [-0.2, -0.15) is 11.8 Å². The molecule has 2 aliphatic rings. The van der Waals surface area contributed by atoms with Crippen LogP contribution in [0.3, 0.4) is 0 Å². The van der Waals surface area contributed by atoms with Crippen LogP contribution in [-0.4, -0.2) is 10.5 Å². The lowest BCUT2D eigenvalue weighted by Gasteiger charge is -2.28. The van der Waals surface area contributed by atoms with Crippen molar-refractivity contribution in [2.75, 3.05) is 0 Å². The number of benzene rings is 1. The van der Waals surface area contributed by atoms with Crippen molar-refractivity contribution in [2.24, 2.45) is 11.8 Å². The molecule has 2 heterocycles. The maximum Gasteiger partial charge on any atom is 0.00956 e. The predicted molar refractivity (Wildman–Crippen MR) is 126 cm³/mol. The van der Waals surface area contributed by atoms with E-state index in [0.29, 0.717) is 0 Å². The van der Waals surface area contributed by atoms with Gasteiger partial charge in [-0.3, -0.25) is 0 Å². The van der Waals surface area contributed by atoms with Gasteiger partial charge in [-0.1, -0.05) is 78.6 Å². The second-order valence-electron chi connectivity index (χ2n) is 6.92. The van der Waals surface area contributed by atoms with Crippen LogP contribution in [0.15, 0.2) is 24.3 Å². The summed E-state index contributed by atoms with van der Waals surface area (Å²) in [7, 11) is 0. The molecule has 4 unspecified atom stereocenters. The van der Waals surface area contributed by atoms with Crippen LogP contribution in [0.25, 0.3) is 10.8 Å². The molecule has 2 aromatic rings. The Morgan fingerprint density at radius 3 is 1.50 bits per heavy atom. The maximum atomic E-state index is 2.43. The molecule has 148 valence electrons. The third kappa shape index (κ3) is 5.76. The van der Waals surface area contributed by atoms with Gasteiger partial charge in [0.05, 0.1) is 0 Å². The second-order valence-corrected chi connectivity index (χ2v) is 10.1. The molecule has 1 saturated heterocycles. The molecule has 0 spiro atoms. The van der Waals surface area contributed by atoms with Gasteiger partial charge in [0.2, 0.25) is 0 Å². The number of rotatable bonds is 0. The summed E-state index contributed by atoms with van der Waals surface area (Å²) in [6, 6.07) is 8.57. The molecule has 1 aromatic heterocycles. The summed E-state index contributed by atoms with van der Waals surface area (Å²) in [6.45, 7) is 17.2. The zero-order valence-electron chi connectivity index (χ0n) is 18.3. The van der Waals surface area contributed by atoms with Gasteiger partial charge in [0.15, 0.2) is 0 Å². The van der Waals surface area contributed by atoms with Gasteiger partial charge in [0.25, 0.3) is 0 Å². The van der Waals surface area contributed by atoms with Crippen LogP contribution in [0.5, 0.6) is 0 Å². The van der Waals surface area contributed by atoms with E-state index in [1.165, 1.54) is 46.2 Å². The normalized spacial score (nSPS) is 26.5. The molecule has 4 atom stereocenters. The number of hydrogen-bond acceptors (Lipinski definition) is 2. The summed E-state index contributed by atoms with van der Waals surface area (Å²) in [5, 5.41) is 4.73. The van der Waals surface area contributed by atoms with Gasteiger partial charge in [-0.05, 0) is 49.3 Å². The molecule has 4 rings (SSSR count). The Kier molecular flexibility index (Phi) is 11.0. The van der Waals surface area contributed by atoms with Crippen molar-refractivity contribution in [3.8, 4) is 0 Å².